The molecule has 1 aromatic carbocycles. The molecule has 1 rings (SSSR count). The molecule has 1 aromatic rings. The molecule has 10 heteroatoms. The number of aliphatic hydroxyl groups is 2. The van der Waals surface area contributed by atoms with Gasteiger partial charge in [-0.25, -0.2) is 9.18 Å². The summed E-state index contributed by atoms with van der Waals surface area (Å²) in [6, 6.07) is 0.851. The third-order valence-corrected chi connectivity index (χ3v) is 2.64. The Hall–Kier alpha value is -2.59. The van der Waals surface area contributed by atoms with Crippen LogP contribution in [0.5, 0.6) is 0 Å². The highest BCUT2D eigenvalue weighted by Gasteiger charge is 2.29. The van der Waals surface area contributed by atoms with E-state index in [1.54, 1.807) is 0 Å². The van der Waals surface area contributed by atoms with Crippen molar-refractivity contribution in [3.63, 3.8) is 0 Å². The predicted molar refractivity (Wildman–Crippen MR) is 64.8 cm³/mol. The summed E-state index contributed by atoms with van der Waals surface area (Å²) >= 11 is 0. The van der Waals surface area contributed by atoms with Gasteiger partial charge in [0.2, 0.25) is 5.91 Å². The first-order chi connectivity index (χ1) is 9.65. The SMILES string of the molecule is NC(=O)CC(O)C(O)c1cc([N+](=O)[O-])c(C(=O)O)cc1F. The van der Waals surface area contributed by atoms with Crippen molar-refractivity contribution >= 4 is 17.6 Å². The second kappa shape index (κ2) is 6.24. The summed E-state index contributed by atoms with van der Waals surface area (Å²) in [5.41, 5.74) is 2.23. The van der Waals surface area contributed by atoms with Crippen LogP contribution in [0.1, 0.15) is 28.4 Å². The summed E-state index contributed by atoms with van der Waals surface area (Å²) in [6.45, 7) is 0. The number of carbonyl (C=O) groups excluding carboxylic acids is 1. The van der Waals surface area contributed by atoms with Crippen LogP contribution < -0.4 is 5.73 Å². The van der Waals surface area contributed by atoms with Gasteiger partial charge in [-0.2, -0.15) is 0 Å². The molecule has 5 N–H and O–H groups in total. The van der Waals surface area contributed by atoms with Crippen molar-refractivity contribution < 1.29 is 34.2 Å². The molecular weight excluding hydrogens is 291 g/mol. The van der Waals surface area contributed by atoms with Gasteiger partial charge in [-0.05, 0) is 6.07 Å². The van der Waals surface area contributed by atoms with Gasteiger partial charge in [0.1, 0.15) is 17.5 Å². The molecule has 9 nitrogen and oxygen atoms in total. The second-order valence-electron chi connectivity index (χ2n) is 4.14. The predicted octanol–water partition coefficient (Wildman–Crippen LogP) is -0.298. The smallest absolute Gasteiger partial charge is 0.342 e. The van der Waals surface area contributed by atoms with Crippen LogP contribution in [0.4, 0.5) is 10.1 Å². The van der Waals surface area contributed by atoms with Gasteiger partial charge < -0.3 is 21.1 Å². The lowest BCUT2D eigenvalue weighted by Gasteiger charge is -2.17. The molecule has 0 heterocycles. The number of nitro groups is 1. The van der Waals surface area contributed by atoms with Gasteiger partial charge in [-0.3, -0.25) is 14.9 Å². The fourth-order valence-corrected chi connectivity index (χ4v) is 1.65. The number of halogens is 1. The zero-order valence-electron chi connectivity index (χ0n) is 10.4. The lowest BCUT2D eigenvalue weighted by molar-refractivity contribution is -0.385. The highest BCUT2D eigenvalue weighted by Crippen LogP contribution is 2.29. The molecule has 0 radical (unpaired) electrons. The molecule has 1 amide bonds. The fourth-order valence-electron chi connectivity index (χ4n) is 1.65. The Labute approximate surface area is 116 Å². The van der Waals surface area contributed by atoms with Crippen LogP contribution in [0, 0.1) is 15.9 Å². The maximum atomic E-state index is 13.7. The Bertz CT molecular complexity index is 604. The summed E-state index contributed by atoms with van der Waals surface area (Å²) in [5, 5.41) is 38.7. The Morgan fingerprint density at radius 3 is 2.38 bits per heavy atom. The minimum Gasteiger partial charge on any atom is -0.477 e. The number of nitrogens with two attached hydrogens (primary N) is 1. The molecule has 0 aliphatic rings. The van der Waals surface area contributed by atoms with Crippen molar-refractivity contribution in [2.75, 3.05) is 0 Å². The summed E-state index contributed by atoms with van der Waals surface area (Å²) in [6.07, 6.45) is -4.46. The van der Waals surface area contributed by atoms with E-state index in [4.69, 9.17) is 10.8 Å². The molecular formula is C11H11FN2O7. The number of rotatable bonds is 6. The normalized spacial score (nSPS) is 13.5. The van der Waals surface area contributed by atoms with Crippen molar-refractivity contribution in [1.82, 2.24) is 0 Å². The molecule has 0 bridgehead atoms. The molecule has 0 saturated carbocycles. The van der Waals surface area contributed by atoms with E-state index in [1.807, 2.05) is 0 Å². The van der Waals surface area contributed by atoms with E-state index in [9.17, 15) is 34.3 Å². The first kappa shape index (κ1) is 16.5. The first-order valence-electron chi connectivity index (χ1n) is 5.50. The number of aromatic carboxylic acids is 1. The van der Waals surface area contributed by atoms with Crippen LogP contribution in [0.2, 0.25) is 0 Å². The molecule has 0 fully saturated rings. The number of benzene rings is 1. The third kappa shape index (κ3) is 3.70. The molecule has 0 aromatic heterocycles. The van der Waals surface area contributed by atoms with Crippen LogP contribution in [0.3, 0.4) is 0 Å². The van der Waals surface area contributed by atoms with E-state index in [0.29, 0.717) is 12.1 Å². The zero-order chi connectivity index (χ0) is 16.3. The maximum absolute atomic E-state index is 13.7. The van der Waals surface area contributed by atoms with Gasteiger partial charge in [0, 0.05) is 11.6 Å². The molecule has 2 atom stereocenters. The van der Waals surface area contributed by atoms with Crippen LogP contribution >= 0.6 is 0 Å². The Balaban J connectivity index is 3.31. The van der Waals surface area contributed by atoms with Crippen molar-refractivity contribution in [3.8, 4) is 0 Å². The first-order valence-corrected chi connectivity index (χ1v) is 5.50. The van der Waals surface area contributed by atoms with Crippen molar-refractivity contribution in [3.05, 3.63) is 39.2 Å². The molecule has 2 unspecified atom stereocenters. The van der Waals surface area contributed by atoms with Gasteiger partial charge in [0.25, 0.3) is 5.69 Å². The number of aliphatic hydroxyl groups excluding tert-OH is 2. The molecule has 114 valence electrons. The second-order valence-corrected chi connectivity index (χ2v) is 4.14. The number of amides is 1. The molecule has 0 aliphatic heterocycles. The van der Waals surface area contributed by atoms with Crippen LogP contribution in [0.15, 0.2) is 12.1 Å². The number of carboxylic acid groups (broad SMARTS) is 1. The topological polar surface area (TPSA) is 164 Å². The van der Waals surface area contributed by atoms with Gasteiger partial charge in [0.15, 0.2) is 0 Å². The Morgan fingerprint density at radius 2 is 1.95 bits per heavy atom. The number of hydrogen-bond acceptors (Lipinski definition) is 6. The number of carbonyl (C=O) groups is 2. The average Bonchev–Trinajstić information content (AvgIpc) is 2.36. The Morgan fingerprint density at radius 1 is 1.38 bits per heavy atom. The number of primary amides is 1. The summed E-state index contributed by atoms with van der Waals surface area (Å²) in [5.74, 6) is -3.97. The van der Waals surface area contributed by atoms with Crippen molar-refractivity contribution in [2.24, 2.45) is 5.73 Å². The van der Waals surface area contributed by atoms with Crippen LogP contribution in [-0.4, -0.2) is 38.2 Å². The van der Waals surface area contributed by atoms with Crippen molar-refractivity contribution in [1.29, 1.82) is 0 Å². The van der Waals surface area contributed by atoms with Crippen LogP contribution in [0.25, 0.3) is 0 Å². The molecule has 0 spiro atoms. The average molecular weight is 302 g/mol. The minimum atomic E-state index is -1.97. The highest BCUT2D eigenvalue weighted by atomic mass is 19.1. The van der Waals surface area contributed by atoms with E-state index in [-0.39, 0.29) is 0 Å². The van der Waals surface area contributed by atoms with E-state index >= 15 is 0 Å². The largest absolute Gasteiger partial charge is 0.477 e. The van der Waals surface area contributed by atoms with Gasteiger partial charge in [0.05, 0.1) is 17.4 Å². The van der Waals surface area contributed by atoms with Gasteiger partial charge >= 0.3 is 5.97 Å². The lowest BCUT2D eigenvalue weighted by atomic mass is 9.98. The fraction of sp³-hybridized carbons (Fsp3) is 0.273. The minimum absolute atomic E-state index is 0.357. The van der Waals surface area contributed by atoms with E-state index in [0.717, 1.165) is 0 Å². The number of carboxylic acids is 1. The van der Waals surface area contributed by atoms with E-state index in [2.05, 4.69) is 0 Å². The summed E-state index contributed by atoms with van der Waals surface area (Å²) < 4.78 is 13.7. The summed E-state index contributed by atoms with van der Waals surface area (Å²) in [7, 11) is 0. The van der Waals surface area contributed by atoms with E-state index < -0.39 is 58.1 Å². The maximum Gasteiger partial charge on any atom is 0.342 e. The number of nitro benzene ring substituents is 1. The number of nitrogens with zero attached hydrogens (tertiary/aromatic N) is 1. The quantitative estimate of drug-likeness (QED) is 0.413. The van der Waals surface area contributed by atoms with Gasteiger partial charge in [-0.15, -0.1) is 0 Å². The molecule has 21 heavy (non-hydrogen) atoms. The number of hydrogen-bond donors (Lipinski definition) is 4. The standard InChI is InChI=1S/C11H11FN2O7/c12-6-1-5(11(18)19)7(14(20)21)2-4(6)10(17)8(15)3-9(13)16/h1-2,8,10,15,17H,3H2,(H2,13,16)(H,18,19). The monoisotopic (exact) mass is 302 g/mol. The zero-order valence-corrected chi connectivity index (χ0v) is 10.4. The molecule has 0 aliphatic carbocycles. The lowest BCUT2D eigenvalue weighted by Crippen LogP contribution is -2.26. The van der Waals surface area contributed by atoms with Crippen LogP contribution in [-0.2, 0) is 4.79 Å². The van der Waals surface area contributed by atoms with Gasteiger partial charge in [-0.1, -0.05) is 0 Å². The summed E-state index contributed by atoms with van der Waals surface area (Å²) in [4.78, 5) is 31.1. The highest BCUT2D eigenvalue weighted by molar-refractivity contribution is 5.92. The third-order valence-electron chi connectivity index (χ3n) is 2.64. The van der Waals surface area contributed by atoms with Crippen molar-refractivity contribution in [2.45, 2.75) is 18.6 Å². The van der Waals surface area contributed by atoms with E-state index in [1.165, 1.54) is 0 Å². The Kier molecular flexibility index (Phi) is 4.89. The molecule has 0 saturated heterocycles.